The number of thiophene rings is 1. The summed E-state index contributed by atoms with van der Waals surface area (Å²) < 4.78 is 41.4. The number of aryl methyl sites for hydroxylation is 1. The predicted octanol–water partition coefficient (Wildman–Crippen LogP) is 4.24. The summed E-state index contributed by atoms with van der Waals surface area (Å²) in [6, 6.07) is 2.06. The van der Waals surface area contributed by atoms with Crippen molar-refractivity contribution < 1.29 is 17.9 Å². The molecule has 3 aromatic heterocycles. The van der Waals surface area contributed by atoms with E-state index in [9.17, 15) is 13.5 Å². The van der Waals surface area contributed by atoms with Gasteiger partial charge in [0.15, 0.2) is 21.6 Å². The van der Waals surface area contributed by atoms with E-state index < -0.39 is 15.6 Å². The van der Waals surface area contributed by atoms with Crippen molar-refractivity contribution >= 4 is 50.4 Å². The molecule has 1 aliphatic heterocycles. The molecule has 11 nitrogen and oxygen atoms in total. The number of rotatable bonds is 12. The standard InChI is InChI=1S/C25H39N7O4S3/c1-25(2,3)31(5)39(34,35)24-21(33)20(17-37-24)27-23-22(28-38-29-23)26-15-19-14-18(16-36-19)8-6-7-9-32-12-10-30(4)11-13-32/h14,16-17,33H,6-13,15H2,1-5H3,(H,26,28)(H,27,29). The minimum absolute atomic E-state index is 0.119. The maximum absolute atomic E-state index is 13.0. The van der Waals surface area contributed by atoms with Gasteiger partial charge < -0.3 is 30.0 Å². The van der Waals surface area contributed by atoms with E-state index in [1.165, 1.54) is 23.3 Å². The highest BCUT2D eigenvalue weighted by Crippen LogP contribution is 2.42. The normalized spacial score (nSPS) is 15.7. The third-order valence-corrected chi connectivity index (χ3v) is 11.1. The third kappa shape index (κ3) is 7.50. The molecule has 0 atom stereocenters. The minimum atomic E-state index is -3.86. The number of piperazine rings is 1. The highest BCUT2D eigenvalue weighted by molar-refractivity contribution is 7.91. The van der Waals surface area contributed by atoms with Crippen LogP contribution in [-0.2, 0) is 23.0 Å². The van der Waals surface area contributed by atoms with E-state index >= 15 is 0 Å². The highest BCUT2D eigenvalue weighted by Gasteiger charge is 2.34. The predicted molar refractivity (Wildman–Crippen MR) is 157 cm³/mol. The summed E-state index contributed by atoms with van der Waals surface area (Å²) in [6.45, 7) is 11.6. The lowest BCUT2D eigenvalue weighted by Gasteiger charge is -2.32. The van der Waals surface area contributed by atoms with Gasteiger partial charge in [-0.15, -0.1) is 11.3 Å². The molecule has 1 saturated heterocycles. The van der Waals surface area contributed by atoms with E-state index in [1.807, 2.05) is 6.26 Å². The number of hydrogen-bond donors (Lipinski definition) is 3. The topological polar surface area (TPSA) is 127 Å². The number of hydrogen-bond acceptors (Lipinski definition) is 12. The summed E-state index contributed by atoms with van der Waals surface area (Å²) in [7, 11) is -0.179. The molecule has 0 aromatic carbocycles. The van der Waals surface area contributed by atoms with Gasteiger partial charge in [0.1, 0.15) is 5.76 Å². The lowest BCUT2D eigenvalue weighted by molar-refractivity contribution is 0.152. The number of nitrogens with one attached hydrogen (secondary N) is 2. The molecule has 1 fully saturated rings. The molecular formula is C25H39N7O4S3. The number of sulfonamides is 1. The molecule has 0 unspecified atom stereocenters. The number of aromatic nitrogens is 2. The number of furan rings is 1. The van der Waals surface area contributed by atoms with Gasteiger partial charge in [-0.2, -0.15) is 13.1 Å². The monoisotopic (exact) mass is 597 g/mol. The number of aromatic hydroxyl groups is 1. The van der Waals surface area contributed by atoms with E-state index in [-0.39, 0.29) is 15.6 Å². The SMILES string of the molecule is CN1CCN(CCCCc2coc(CNc3nsnc3Nc3csc(S(=O)(=O)N(C)C(C)(C)C)c3O)c2)CC1. The maximum Gasteiger partial charge on any atom is 0.256 e. The zero-order valence-electron chi connectivity index (χ0n) is 23.2. The maximum atomic E-state index is 13.0. The quantitative estimate of drug-likeness (QED) is 0.261. The van der Waals surface area contributed by atoms with Gasteiger partial charge >= 0.3 is 0 Å². The zero-order chi connectivity index (χ0) is 28.2. The largest absolute Gasteiger partial charge is 0.504 e. The first-order chi connectivity index (χ1) is 18.4. The molecule has 0 spiro atoms. The van der Waals surface area contributed by atoms with E-state index in [0.717, 1.165) is 74.4 Å². The molecule has 4 heterocycles. The van der Waals surface area contributed by atoms with Crippen LogP contribution in [0.2, 0.25) is 0 Å². The molecule has 0 bridgehead atoms. The van der Waals surface area contributed by atoms with Crippen LogP contribution in [0.15, 0.2) is 26.3 Å². The molecule has 0 amide bonds. The minimum Gasteiger partial charge on any atom is -0.504 e. The first-order valence-electron chi connectivity index (χ1n) is 13.1. The molecule has 14 heteroatoms. The van der Waals surface area contributed by atoms with Crippen molar-refractivity contribution in [2.45, 2.75) is 56.3 Å². The first kappa shape index (κ1) is 29.7. The summed E-state index contributed by atoms with van der Waals surface area (Å²) in [5, 5.41) is 18.5. The number of unbranched alkanes of at least 4 members (excludes halogenated alkanes) is 1. The van der Waals surface area contributed by atoms with Gasteiger partial charge in [-0.25, -0.2) is 8.42 Å². The van der Waals surface area contributed by atoms with Crippen LogP contribution < -0.4 is 10.6 Å². The zero-order valence-corrected chi connectivity index (χ0v) is 25.7. The van der Waals surface area contributed by atoms with Crippen LogP contribution in [0.5, 0.6) is 5.75 Å². The van der Waals surface area contributed by atoms with Crippen LogP contribution in [0.3, 0.4) is 0 Å². The van der Waals surface area contributed by atoms with Crippen molar-refractivity contribution in [3.63, 3.8) is 0 Å². The van der Waals surface area contributed by atoms with Crippen molar-refractivity contribution in [2.75, 3.05) is 57.5 Å². The van der Waals surface area contributed by atoms with Crippen molar-refractivity contribution in [3.8, 4) is 5.75 Å². The summed E-state index contributed by atoms with van der Waals surface area (Å²) in [5.41, 5.74) is 0.806. The summed E-state index contributed by atoms with van der Waals surface area (Å²) in [4.78, 5) is 4.92. The second-order valence-electron chi connectivity index (χ2n) is 10.9. The third-order valence-electron chi connectivity index (χ3n) is 6.94. The second-order valence-corrected chi connectivity index (χ2v) is 14.5. The van der Waals surface area contributed by atoms with Crippen molar-refractivity contribution in [3.05, 3.63) is 29.0 Å². The first-order valence-corrected chi connectivity index (χ1v) is 16.1. The number of likely N-dealkylation sites (N-methyl/N-ethyl adjacent to an activating group) is 1. The lowest BCUT2D eigenvalue weighted by Crippen LogP contribution is -2.44. The molecule has 4 rings (SSSR count). The lowest BCUT2D eigenvalue weighted by atomic mass is 10.1. The molecule has 39 heavy (non-hydrogen) atoms. The average Bonchev–Trinajstić information content (AvgIpc) is 3.62. The van der Waals surface area contributed by atoms with Gasteiger partial charge in [0.05, 0.1) is 30.2 Å². The van der Waals surface area contributed by atoms with Crippen LogP contribution in [0, 0.1) is 0 Å². The van der Waals surface area contributed by atoms with E-state index in [1.54, 1.807) is 26.2 Å². The Bertz CT molecular complexity index is 1320. The van der Waals surface area contributed by atoms with Crippen LogP contribution in [0.4, 0.5) is 17.3 Å². The van der Waals surface area contributed by atoms with E-state index in [0.29, 0.717) is 18.2 Å². The summed E-state index contributed by atoms with van der Waals surface area (Å²) in [6.07, 6.45) is 5.09. The van der Waals surface area contributed by atoms with Crippen LogP contribution >= 0.6 is 23.1 Å². The molecule has 0 radical (unpaired) electrons. The number of nitrogens with zero attached hydrogens (tertiary/aromatic N) is 5. The van der Waals surface area contributed by atoms with Crippen LogP contribution in [0.1, 0.15) is 44.9 Å². The smallest absolute Gasteiger partial charge is 0.256 e. The number of anilines is 3. The Morgan fingerprint density at radius 3 is 2.59 bits per heavy atom. The van der Waals surface area contributed by atoms with Gasteiger partial charge in [-0.1, -0.05) is 0 Å². The Labute approximate surface area is 239 Å². The van der Waals surface area contributed by atoms with Gasteiger partial charge in [-0.3, -0.25) is 0 Å². The van der Waals surface area contributed by atoms with Crippen molar-refractivity contribution in [2.24, 2.45) is 0 Å². The van der Waals surface area contributed by atoms with Gasteiger partial charge in [0, 0.05) is 44.1 Å². The van der Waals surface area contributed by atoms with Gasteiger partial charge in [-0.05, 0) is 65.3 Å². The molecule has 0 saturated carbocycles. The van der Waals surface area contributed by atoms with E-state index in [2.05, 4.69) is 42.3 Å². The Balaban J connectivity index is 1.28. The molecular weight excluding hydrogens is 559 g/mol. The van der Waals surface area contributed by atoms with Gasteiger partial charge in [0.25, 0.3) is 10.0 Å². The van der Waals surface area contributed by atoms with Crippen LogP contribution in [-0.4, -0.2) is 88.7 Å². The molecule has 3 N–H and O–H groups in total. The molecule has 216 valence electrons. The fourth-order valence-corrected chi connectivity index (χ4v) is 7.56. The average molecular weight is 598 g/mol. The summed E-state index contributed by atoms with van der Waals surface area (Å²) >= 11 is 1.97. The molecule has 1 aliphatic rings. The Hall–Kier alpha value is -2.23. The van der Waals surface area contributed by atoms with Crippen molar-refractivity contribution in [1.82, 2.24) is 22.9 Å². The van der Waals surface area contributed by atoms with Crippen molar-refractivity contribution in [1.29, 1.82) is 0 Å². The molecule has 3 aromatic rings. The molecule has 0 aliphatic carbocycles. The van der Waals surface area contributed by atoms with Gasteiger partial charge in [0.2, 0.25) is 0 Å². The fraction of sp³-hybridized carbons (Fsp3) is 0.600. The highest BCUT2D eigenvalue weighted by atomic mass is 32.2. The second kappa shape index (κ2) is 12.5. The van der Waals surface area contributed by atoms with Crippen LogP contribution in [0.25, 0.3) is 0 Å². The fourth-order valence-electron chi connectivity index (χ4n) is 4.16. The Morgan fingerprint density at radius 2 is 1.87 bits per heavy atom. The Kier molecular flexibility index (Phi) is 9.55. The Morgan fingerprint density at radius 1 is 1.15 bits per heavy atom. The van der Waals surface area contributed by atoms with E-state index in [4.69, 9.17) is 4.42 Å². The summed E-state index contributed by atoms with van der Waals surface area (Å²) in [5.74, 6) is 1.35.